The van der Waals surface area contributed by atoms with Gasteiger partial charge in [0.25, 0.3) is 5.91 Å². The lowest BCUT2D eigenvalue weighted by Gasteiger charge is -2.32. The average molecular weight is 514 g/mol. The fraction of sp³-hybridized carbons (Fsp3) is 0.250. The second kappa shape index (κ2) is 10.7. The highest BCUT2D eigenvalue weighted by molar-refractivity contribution is 5.92. The van der Waals surface area contributed by atoms with Gasteiger partial charge in [-0.15, -0.1) is 5.10 Å². The maximum Gasteiger partial charge on any atom is 0.490 e. The number of halogens is 3. The van der Waals surface area contributed by atoms with Crippen molar-refractivity contribution in [3.63, 3.8) is 0 Å². The second-order valence-electron chi connectivity index (χ2n) is 8.04. The molecule has 1 fully saturated rings. The number of aromatic nitrogens is 5. The Morgan fingerprint density at radius 1 is 1.08 bits per heavy atom. The Morgan fingerprint density at radius 3 is 2.49 bits per heavy atom. The molecule has 37 heavy (non-hydrogen) atoms. The van der Waals surface area contributed by atoms with Gasteiger partial charge in [0.2, 0.25) is 0 Å². The number of pyridine rings is 3. The van der Waals surface area contributed by atoms with E-state index in [1.54, 1.807) is 27.9 Å². The number of hydrogen-bond donors (Lipinski definition) is 1. The summed E-state index contributed by atoms with van der Waals surface area (Å²) in [4.78, 5) is 32.0. The predicted molar refractivity (Wildman–Crippen MR) is 123 cm³/mol. The summed E-state index contributed by atoms with van der Waals surface area (Å²) in [6.07, 6.45) is 0.0360. The van der Waals surface area contributed by atoms with Crippen LogP contribution in [0.2, 0.25) is 0 Å². The number of rotatable bonds is 3. The van der Waals surface area contributed by atoms with Gasteiger partial charge in [0, 0.05) is 36.4 Å². The van der Waals surface area contributed by atoms with Crippen LogP contribution in [0.25, 0.3) is 16.6 Å². The summed E-state index contributed by atoms with van der Waals surface area (Å²) in [6.45, 7) is 3.25. The van der Waals surface area contributed by atoms with E-state index in [9.17, 15) is 18.0 Å². The Labute approximate surface area is 208 Å². The van der Waals surface area contributed by atoms with E-state index < -0.39 is 12.1 Å². The maximum absolute atomic E-state index is 12.9. The minimum Gasteiger partial charge on any atom is -0.475 e. The normalized spacial score (nSPS) is 15.7. The minimum atomic E-state index is -5.08. The van der Waals surface area contributed by atoms with Crippen LogP contribution in [-0.4, -0.2) is 72.6 Å². The van der Waals surface area contributed by atoms with E-state index >= 15 is 0 Å². The van der Waals surface area contributed by atoms with Crippen molar-refractivity contribution in [1.29, 1.82) is 0 Å². The van der Waals surface area contributed by atoms with Gasteiger partial charge in [-0.25, -0.2) is 14.3 Å². The first-order chi connectivity index (χ1) is 17.6. The number of amides is 1. The first-order valence-corrected chi connectivity index (χ1v) is 11.0. The van der Waals surface area contributed by atoms with E-state index in [0.717, 1.165) is 28.0 Å². The van der Waals surface area contributed by atoms with Crippen molar-refractivity contribution < 1.29 is 32.6 Å². The number of aryl methyl sites for hydroxylation is 1. The monoisotopic (exact) mass is 514 g/mol. The fourth-order valence-electron chi connectivity index (χ4n) is 3.68. The molecule has 5 rings (SSSR count). The molecule has 0 aromatic carbocycles. The van der Waals surface area contributed by atoms with Crippen molar-refractivity contribution in [2.75, 3.05) is 19.7 Å². The van der Waals surface area contributed by atoms with E-state index in [1.165, 1.54) is 0 Å². The van der Waals surface area contributed by atoms with Crippen LogP contribution in [0, 0.1) is 6.92 Å². The summed E-state index contributed by atoms with van der Waals surface area (Å²) in [5.41, 5.74) is 4.94. The van der Waals surface area contributed by atoms with Gasteiger partial charge in [0.15, 0.2) is 0 Å². The van der Waals surface area contributed by atoms with Crippen molar-refractivity contribution in [3.8, 4) is 11.1 Å². The fourth-order valence-corrected chi connectivity index (χ4v) is 3.68. The summed E-state index contributed by atoms with van der Waals surface area (Å²) in [5, 5.41) is 15.8. The number of alkyl halides is 3. The van der Waals surface area contributed by atoms with Crippen LogP contribution in [0.3, 0.4) is 0 Å². The zero-order chi connectivity index (χ0) is 26.6. The van der Waals surface area contributed by atoms with Gasteiger partial charge in [-0.05, 0) is 42.8 Å². The number of fused-ring (bicyclic) bond motifs is 1. The smallest absolute Gasteiger partial charge is 0.475 e. The van der Waals surface area contributed by atoms with Gasteiger partial charge in [0.05, 0.1) is 18.7 Å². The van der Waals surface area contributed by atoms with Crippen LogP contribution in [0.4, 0.5) is 13.2 Å². The number of carboxylic acid groups (broad SMARTS) is 1. The molecule has 4 aromatic rings. The number of aliphatic carboxylic acids is 1. The van der Waals surface area contributed by atoms with E-state index in [1.807, 2.05) is 49.5 Å². The number of nitrogens with zero attached hydrogens (tertiary/aromatic N) is 6. The molecule has 1 aliphatic rings. The average Bonchev–Trinajstić information content (AvgIpc) is 3.32. The van der Waals surface area contributed by atoms with Crippen molar-refractivity contribution in [1.82, 2.24) is 29.7 Å². The topological polar surface area (TPSA) is 123 Å². The van der Waals surface area contributed by atoms with E-state index in [2.05, 4.69) is 20.3 Å². The quantitative estimate of drug-likeness (QED) is 0.442. The van der Waals surface area contributed by atoms with Gasteiger partial charge in [0.1, 0.15) is 17.5 Å². The third-order valence-corrected chi connectivity index (χ3v) is 5.46. The maximum atomic E-state index is 12.9. The number of carboxylic acids is 1. The van der Waals surface area contributed by atoms with Gasteiger partial charge < -0.3 is 14.7 Å². The van der Waals surface area contributed by atoms with Gasteiger partial charge in [-0.1, -0.05) is 17.3 Å². The summed E-state index contributed by atoms with van der Waals surface area (Å²) in [7, 11) is 0. The third-order valence-electron chi connectivity index (χ3n) is 5.46. The largest absolute Gasteiger partial charge is 0.490 e. The molecule has 1 unspecified atom stereocenters. The molecule has 0 bridgehead atoms. The van der Waals surface area contributed by atoms with Gasteiger partial charge >= 0.3 is 12.1 Å². The van der Waals surface area contributed by atoms with E-state index in [0.29, 0.717) is 25.4 Å². The summed E-state index contributed by atoms with van der Waals surface area (Å²) >= 11 is 0. The number of hydrogen-bond acceptors (Lipinski definition) is 7. The zero-order valence-corrected chi connectivity index (χ0v) is 19.5. The van der Waals surface area contributed by atoms with Gasteiger partial charge in [-0.3, -0.25) is 9.78 Å². The molecule has 192 valence electrons. The number of morpholine rings is 1. The molecule has 1 aliphatic heterocycles. The first-order valence-electron chi connectivity index (χ1n) is 11.0. The molecule has 4 aromatic heterocycles. The molecule has 0 spiro atoms. The molecule has 1 saturated heterocycles. The lowest BCUT2D eigenvalue weighted by Crippen LogP contribution is -2.42. The number of carbonyl (C=O) groups is 2. The van der Waals surface area contributed by atoms with Crippen molar-refractivity contribution in [2.24, 2.45) is 0 Å². The molecule has 1 atom stereocenters. The van der Waals surface area contributed by atoms with Crippen LogP contribution < -0.4 is 0 Å². The molecule has 1 N–H and O–H groups in total. The van der Waals surface area contributed by atoms with Crippen molar-refractivity contribution >= 4 is 17.4 Å². The third kappa shape index (κ3) is 6.06. The van der Waals surface area contributed by atoms with Crippen LogP contribution in [-0.2, 0) is 9.53 Å². The highest BCUT2D eigenvalue weighted by atomic mass is 19.4. The number of ether oxygens (including phenoxy) is 1. The Hall–Kier alpha value is -4.39. The summed E-state index contributed by atoms with van der Waals surface area (Å²) < 4.78 is 39.4. The molecular formula is C24H21F3N6O4. The van der Waals surface area contributed by atoms with Crippen LogP contribution in [0.5, 0.6) is 0 Å². The van der Waals surface area contributed by atoms with E-state index in [4.69, 9.17) is 14.6 Å². The second-order valence-corrected chi connectivity index (χ2v) is 8.04. The number of carbonyl (C=O) groups excluding carboxylic acids is 1. The molecular weight excluding hydrogens is 493 g/mol. The van der Waals surface area contributed by atoms with Crippen molar-refractivity contribution in [3.05, 3.63) is 78.1 Å². The molecule has 0 saturated carbocycles. The standard InChI is InChI=1S/C22H20N6O2.C2HF3O2/c1-15-3-2-4-18(24-15)22(29)27-11-12-30-20(14-27)21-19-6-5-17(13-28(19)26-25-21)16-7-9-23-10-8-16;3-2(4,5)1(6)7/h2-10,13,20H,11-12,14H2,1H3;(H,6,7). The Kier molecular flexibility index (Phi) is 7.43. The highest BCUT2D eigenvalue weighted by Gasteiger charge is 2.38. The minimum absolute atomic E-state index is 0.0940. The summed E-state index contributed by atoms with van der Waals surface area (Å²) in [5.74, 6) is -2.85. The SMILES string of the molecule is Cc1cccc(C(=O)N2CCOC(c3nnn4cc(-c5ccncc5)ccc34)C2)n1.O=C(O)C(F)(F)F. The Morgan fingerprint density at radius 2 is 1.81 bits per heavy atom. The lowest BCUT2D eigenvalue weighted by atomic mass is 10.1. The molecule has 10 nitrogen and oxygen atoms in total. The van der Waals surface area contributed by atoms with Crippen molar-refractivity contribution in [2.45, 2.75) is 19.2 Å². The lowest BCUT2D eigenvalue weighted by molar-refractivity contribution is -0.192. The molecule has 5 heterocycles. The van der Waals surface area contributed by atoms with Crippen LogP contribution in [0.1, 0.15) is 28.0 Å². The predicted octanol–water partition coefficient (Wildman–Crippen LogP) is 3.34. The zero-order valence-electron chi connectivity index (χ0n) is 19.5. The van der Waals surface area contributed by atoms with E-state index in [-0.39, 0.29) is 12.0 Å². The Balaban J connectivity index is 0.000000405. The Bertz CT molecular complexity index is 1410. The van der Waals surface area contributed by atoms with Crippen LogP contribution >= 0.6 is 0 Å². The first kappa shape index (κ1) is 25.7. The molecule has 1 amide bonds. The highest BCUT2D eigenvalue weighted by Crippen LogP contribution is 2.27. The molecule has 0 aliphatic carbocycles. The molecule has 13 heteroatoms. The van der Waals surface area contributed by atoms with Crippen LogP contribution in [0.15, 0.2) is 61.1 Å². The summed E-state index contributed by atoms with van der Waals surface area (Å²) in [6, 6.07) is 13.4. The molecule has 0 radical (unpaired) electrons. The van der Waals surface area contributed by atoms with Gasteiger partial charge in [-0.2, -0.15) is 13.2 Å².